The summed E-state index contributed by atoms with van der Waals surface area (Å²) in [5, 5.41) is 15.5. The van der Waals surface area contributed by atoms with Gasteiger partial charge in [-0.3, -0.25) is 14.5 Å². The summed E-state index contributed by atoms with van der Waals surface area (Å²) >= 11 is 0. The van der Waals surface area contributed by atoms with Crippen LogP contribution in [0.25, 0.3) is 11.6 Å². The molecule has 0 aliphatic rings. The number of hydrogen-bond acceptors (Lipinski definition) is 7. The first-order valence-corrected chi connectivity index (χ1v) is 13.2. The van der Waals surface area contributed by atoms with Gasteiger partial charge in [-0.15, -0.1) is 10.2 Å². The maximum Gasteiger partial charge on any atom is 0.251 e. The molecule has 10 heteroatoms. The Balaban J connectivity index is 1.79. The molecule has 4 aromatic rings. The third-order valence-electron chi connectivity index (χ3n) is 6.31. The summed E-state index contributed by atoms with van der Waals surface area (Å²) in [6.07, 6.45) is 0. The molecule has 4 rings (SSSR count). The average Bonchev–Trinajstić information content (AvgIpc) is 3.53. The molecule has 40 heavy (non-hydrogen) atoms. The highest BCUT2D eigenvalue weighted by molar-refractivity contribution is 6.02. The highest BCUT2D eigenvalue weighted by Crippen LogP contribution is 2.33. The molecule has 2 aromatic carbocycles. The highest BCUT2D eigenvalue weighted by Gasteiger charge is 2.35. The number of carbonyl (C=O) groups is 2. The molecule has 0 unspecified atom stereocenters. The number of aromatic nitrogens is 4. The lowest BCUT2D eigenvalue weighted by atomic mass is 9.98. The monoisotopic (exact) mass is 544 g/mol. The number of furan rings is 1. The van der Waals surface area contributed by atoms with Crippen LogP contribution in [0.2, 0.25) is 0 Å². The Morgan fingerprint density at radius 3 is 2.40 bits per heavy atom. The number of ether oxygens (including phenoxy) is 1. The molecule has 0 radical (unpaired) electrons. The van der Waals surface area contributed by atoms with Crippen molar-refractivity contribution in [3.63, 3.8) is 0 Å². The topological polar surface area (TPSA) is 115 Å². The molecule has 0 fully saturated rings. The largest absolute Gasteiger partial charge is 0.494 e. The van der Waals surface area contributed by atoms with E-state index in [2.05, 4.69) is 20.7 Å². The van der Waals surface area contributed by atoms with Gasteiger partial charge in [-0.05, 0) is 101 Å². The van der Waals surface area contributed by atoms with Gasteiger partial charge < -0.3 is 14.5 Å². The lowest BCUT2D eigenvalue weighted by molar-refractivity contribution is -0.128. The number of amides is 2. The van der Waals surface area contributed by atoms with Gasteiger partial charge in [0.1, 0.15) is 24.1 Å². The van der Waals surface area contributed by atoms with Crippen molar-refractivity contribution < 1.29 is 18.7 Å². The maximum absolute atomic E-state index is 14.1. The second-order valence-electron chi connectivity index (χ2n) is 10.7. The molecule has 10 nitrogen and oxygen atoms in total. The standard InChI is InChI=1S/C30H36N6O4/c1-8-39-23-15-13-22(14-16-23)27(29(38)31-30(5,6)7)36(24-11-9-10-19(2)21(24)4)26(37)18-35-33-28(32-34-35)25-17-12-20(3)40-25/h9-17,27H,8,18H2,1-7H3,(H,31,38)/t27-/m0/s1. The number of rotatable bonds is 9. The van der Waals surface area contributed by atoms with Gasteiger partial charge in [0, 0.05) is 11.2 Å². The van der Waals surface area contributed by atoms with Crippen LogP contribution >= 0.6 is 0 Å². The third kappa shape index (κ3) is 6.56. The fourth-order valence-electron chi connectivity index (χ4n) is 4.34. The van der Waals surface area contributed by atoms with Crippen molar-refractivity contribution in [3.05, 3.63) is 77.0 Å². The van der Waals surface area contributed by atoms with Gasteiger partial charge in [0.05, 0.1) is 6.61 Å². The van der Waals surface area contributed by atoms with E-state index >= 15 is 0 Å². The summed E-state index contributed by atoms with van der Waals surface area (Å²) < 4.78 is 11.2. The Morgan fingerprint density at radius 1 is 1.05 bits per heavy atom. The van der Waals surface area contributed by atoms with E-state index in [0.717, 1.165) is 11.1 Å². The van der Waals surface area contributed by atoms with Crippen LogP contribution in [0.4, 0.5) is 5.69 Å². The molecule has 0 aliphatic heterocycles. The minimum absolute atomic E-state index is 0.240. The molecule has 0 saturated carbocycles. The maximum atomic E-state index is 14.1. The van der Waals surface area contributed by atoms with Gasteiger partial charge in [0.2, 0.25) is 11.7 Å². The van der Waals surface area contributed by atoms with E-state index in [0.29, 0.717) is 35.1 Å². The first-order chi connectivity index (χ1) is 19.0. The first-order valence-electron chi connectivity index (χ1n) is 13.2. The third-order valence-corrected chi connectivity index (χ3v) is 6.31. The highest BCUT2D eigenvalue weighted by atomic mass is 16.5. The minimum Gasteiger partial charge on any atom is -0.494 e. The minimum atomic E-state index is -0.974. The van der Waals surface area contributed by atoms with E-state index in [4.69, 9.17) is 9.15 Å². The van der Waals surface area contributed by atoms with Crippen molar-refractivity contribution in [2.24, 2.45) is 0 Å². The van der Waals surface area contributed by atoms with Crippen LogP contribution in [-0.4, -0.2) is 44.2 Å². The van der Waals surface area contributed by atoms with E-state index in [1.54, 1.807) is 24.3 Å². The van der Waals surface area contributed by atoms with Crippen LogP contribution in [0.3, 0.4) is 0 Å². The smallest absolute Gasteiger partial charge is 0.251 e. The van der Waals surface area contributed by atoms with Crippen molar-refractivity contribution in [3.8, 4) is 17.3 Å². The zero-order valence-corrected chi connectivity index (χ0v) is 24.1. The Kier molecular flexibility index (Phi) is 8.37. The SMILES string of the molecule is CCOc1ccc([C@@H](C(=O)NC(C)(C)C)N(C(=O)Cn2nnc(-c3ccc(C)o3)n2)c2cccc(C)c2C)cc1. The number of hydrogen-bond donors (Lipinski definition) is 1. The summed E-state index contributed by atoms with van der Waals surface area (Å²) in [6.45, 7) is 13.6. The Labute approximate surface area is 234 Å². The Hall–Kier alpha value is -4.47. The second-order valence-corrected chi connectivity index (χ2v) is 10.7. The second kappa shape index (κ2) is 11.7. The predicted octanol–water partition coefficient (Wildman–Crippen LogP) is 4.95. The molecule has 0 bridgehead atoms. The predicted molar refractivity (Wildman–Crippen MR) is 152 cm³/mol. The number of nitrogens with one attached hydrogen (secondary N) is 1. The first kappa shape index (κ1) is 28.5. The van der Waals surface area contributed by atoms with Crippen LogP contribution in [0.5, 0.6) is 5.75 Å². The van der Waals surface area contributed by atoms with Gasteiger partial charge in [0.15, 0.2) is 5.76 Å². The van der Waals surface area contributed by atoms with Crippen molar-refractivity contribution in [2.45, 2.75) is 66.6 Å². The van der Waals surface area contributed by atoms with Crippen molar-refractivity contribution >= 4 is 17.5 Å². The van der Waals surface area contributed by atoms with Gasteiger partial charge in [-0.25, -0.2) is 0 Å². The molecule has 1 atom stereocenters. The van der Waals surface area contributed by atoms with E-state index < -0.39 is 11.6 Å². The van der Waals surface area contributed by atoms with Crippen LogP contribution in [-0.2, 0) is 16.1 Å². The molecular formula is C30H36N6O4. The number of benzene rings is 2. The number of carbonyl (C=O) groups excluding carboxylic acids is 2. The quantitative estimate of drug-likeness (QED) is 0.317. The van der Waals surface area contributed by atoms with Crippen LogP contribution < -0.4 is 15.0 Å². The van der Waals surface area contributed by atoms with E-state index in [1.807, 2.05) is 78.8 Å². The molecule has 1 N–H and O–H groups in total. The van der Waals surface area contributed by atoms with Crippen molar-refractivity contribution in [2.75, 3.05) is 11.5 Å². The molecule has 210 valence electrons. The lowest BCUT2D eigenvalue weighted by Crippen LogP contribution is -2.50. The van der Waals surface area contributed by atoms with Gasteiger partial charge in [-0.1, -0.05) is 24.3 Å². The Morgan fingerprint density at radius 2 is 1.77 bits per heavy atom. The summed E-state index contributed by atoms with van der Waals surface area (Å²) in [6, 6.07) is 15.5. The summed E-state index contributed by atoms with van der Waals surface area (Å²) in [5.74, 6) is 1.43. The van der Waals surface area contributed by atoms with Crippen LogP contribution in [0.1, 0.15) is 56.2 Å². The summed E-state index contributed by atoms with van der Waals surface area (Å²) in [7, 11) is 0. The molecule has 0 spiro atoms. The van der Waals surface area contributed by atoms with E-state index in [-0.39, 0.29) is 24.2 Å². The molecule has 2 aromatic heterocycles. The van der Waals surface area contributed by atoms with Crippen molar-refractivity contribution in [1.29, 1.82) is 0 Å². The van der Waals surface area contributed by atoms with Crippen molar-refractivity contribution in [1.82, 2.24) is 25.5 Å². The molecule has 0 aliphatic carbocycles. The van der Waals surface area contributed by atoms with Crippen LogP contribution in [0.15, 0.2) is 59.0 Å². The van der Waals surface area contributed by atoms with Crippen LogP contribution in [0, 0.1) is 20.8 Å². The van der Waals surface area contributed by atoms with Gasteiger partial charge in [0.25, 0.3) is 5.91 Å². The number of tetrazole rings is 1. The number of nitrogens with zero attached hydrogens (tertiary/aromatic N) is 5. The summed E-state index contributed by atoms with van der Waals surface area (Å²) in [4.78, 5) is 30.8. The van der Waals surface area contributed by atoms with E-state index in [1.165, 1.54) is 9.70 Å². The Bertz CT molecular complexity index is 1480. The zero-order chi connectivity index (χ0) is 29.0. The lowest BCUT2D eigenvalue weighted by Gasteiger charge is -2.34. The normalized spacial score (nSPS) is 12.2. The zero-order valence-electron chi connectivity index (χ0n) is 24.1. The summed E-state index contributed by atoms with van der Waals surface area (Å²) in [5.41, 5.74) is 2.60. The average molecular weight is 545 g/mol. The van der Waals surface area contributed by atoms with E-state index in [9.17, 15) is 9.59 Å². The van der Waals surface area contributed by atoms with Gasteiger partial charge >= 0.3 is 0 Å². The molecule has 2 heterocycles. The molecule has 0 saturated heterocycles. The number of aryl methyl sites for hydroxylation is 2. The fraction of sp³-hybridized carbons (Fsp3) is 0.367. The molecular weight excluding hydrogens is 508 g/mol. The number of anilines is 1. The fourth-order valence-corrected chi connectivity index (χ4v) is 4.34. The molecule has 2 amide bonds. The van der Waals surface area contributed by atoms with Gasteiger partial charge in [-0.2, -0.15) is 4.80 Å².